The molecule has 1 unspecified atom stereocenters. The van der Waals surface area contributed by atoms with Crippen LogP contribution in [0.25, 0.3) is 10.9 Å². The van der Waals surface area contributed by atoms with Crippen LogP contribution >= 0.6 is 11.6 Å². The third-order valence-electron chi connectivity index (χ3n) is 5.29. The van der Waals surface area contributed by atoms with Crippen LogP contribution in [0.15, 0.2) is 24.4 Å². The summed E-state index contributed by atoms with van der Waals surface area (Å²) in [7, 11) is 1.57. The van der Waals surface area contributed by atoms with E-state index >= 15 is 0 Å². The zero-order chi connectivity index (χ0) is 19.4. The number of aliphatic hydroxyl groups is 1. The molecular formula is C21H29ClN2O3. The first-order valence-electron chi connectivity index (χ1n) is 9.68. The Morgan fingerprint density at radius 3 is 2.81 bits per heavy atom. The molecule has 1 aliphatic rings. The Balaban J connectivity index is 1.83. The van der Waals surface area contributed by atoms with Crippen molar-refractivity contribution in [2.75, 3.05) is 19.0 Å². The van der Waals surface area contributed by atoms with Gasteiger partial charge in [-0.2, -0.15) is 0 Å². The fourth-order valence-electron chi connectivity index (χ4n) is 4.11. The van der Waals surface area contributed by atoms with E-state index in [1.54, 1.807) is 14.0 Å². The minimum absolute atomic E-state index is 0.0320. The molecule has 6 heteroatoms. The van der Waals surface area contributed by atoms with Crippen LogP contribution < -0.4 is 5.32 Å². The second-order valence-corrected chi connectivity index (χ2v) is 8.40. The lowest BCUT2D eigenvalue weighted by Crippen LogP contribution is -2.35. The summed E-state index contributed by atoms with van der Waals surface area (Å²) >= 11 is 6.43. The first-order chi connectivity index (χ1) is 12.9. The maximum absolute atomic E-state index is 12.6. The van der Waals surface area contributed by atoms with E-state index in [4.69, 9.17) is 16.3 Å². The van der Waals surface area contributed by atoms with Crippen LogP contribution in [0.4, 0.5) is 5.69 Å². The first kappa shape index (κ1) is 20.2. The molecule has 0 spiro atoms. The fraction of sp³-hybridized carbons (Fsp3) is 0.571. The number of fused-ring (bicyclic) bond motifs is 1. The van der Waals surface area contributed by atoms with Gasteiger partial charge in [0.25, 0.3) is 0 Å². The normalized spacial score (nSPS) is 17.8. The summed E-state index contributed by atoms with van der Waals surface area (Å²) in [4.78, 5) is 12.6. The molecule has 3 rings (SSSR count). The van der Waals surface area contributed by atoms with Gasteiger partial charge in [-0.15, -0.1) is 0 Å². The largest absolute Gasteiger partial charge is 0.386 e. The van der Waals surface area contributed by atoms with Crippen LogP contribution in [-0.4, -0.2) is 34.9 Å². The Bertz CT molecular complexity index is 794. The van der Waals surface area contributed by atoms with E-state index in [9.17, 15) is 9.90 Å². The Hall–Kier alpha value is -1.56. The summed E-state index contributed by atoms with van der Waals surface area (Å²) in [6.45, 7) is 2.29. The van der Waals surface area contributed by atoms with Crippen molar-refractivity contribution in [3.05, 3.63) is 29.4 Å². The molecule has 1 aromatic carbocycles. The summed E-state index contributed by atoms with van der Waals surface area (Å²) in [5.74, 6) is 0.509. The molecule has 1 saturated carbocycles. The van der Waals surface area contributed by atoms with Gasteiger partial charge in [0.1, 0.15) is 5.60 Å². The number of nitrogens with one attached hydrogen (secondary N) is 1. The van der Waals surface area contributed by atoms with Crippen LogP contribution in [0.2, 0.25) is 5.02 Å². The number of hydrogen-bond donors (Lipinski definition) is 2. The molecule has 2 N–H and O–H groups in total. The van der Waals surface area contributed by atoms with Crippen LogP contribution in [-0.2, 0) is 16.1 Å². The van der Waals surface area contributed by atoms with Gasteiger partial charge in [-0.3, -0.25) is 4.79 Å². The smallest absolute Gasteiger partial charge is 0.224 e. The number of carbonyl (C=O) groups excluding carboxylic acids is 1. The molecule has 1 aliphatic carbocycles. The van der Waals surface area contributed by atoms with E-state index in [0.29, 0.717) is 29.6 Å². The maximum Gasteiger partial charge on any atom is 0.224 e. The van der Waals surface area contributed by atoms with Crippen LogP contribution in [0, 0.1) is 5.92 Å². The zero-order valence-electron chi connectivity index (χ0n) is 16.1. The van der Waals surface area contributed by atoms with Gasteiger partial charge in [0.15, 0.2) is 0 Å². The summed E-state index contributed by atoms with van der Waals surface area (Å²) in [5, 5.41) is 15.0. The zero-order valence-corrected chi connectivity index (χ0v) is 16.9. The number of aromatic nitrogens is 1. The molecule has 0 aliphatic heterocycles. The molecule has 5 nitrogen and oxygen atoms in total. The molecule has 148 valence electrons. The Morgan fingerprint density at radius 2 is 2.11 bits per heavy atom. The molecule has 1 heterocycles. The molecule has 0 bridgehead atoms. The van der Waals surface area contributed by atoms with Gasteiger partial charge in [-0.25, -0.2) is 0 Å². The lowest BCUT2D eigenvalue weighted by Gasteiger charge is -2.23. The van der Waals surface area contributed by atoms with Gasteiger partial charge in [0.05, 0.1) is 29.4 Å². The molecular weight excluding hydrogens is 364 g/mol. The average molecular weight is 393 g/mol. The first-order valence-corrected chi connectivity index (χ1v) is 10.1. The number of hydrogen-bond acceptors (Lipinski definition) is 3. The van der Waals surface area contributed by atoms with Crippen molar-refractivity contribution in [2.24, 2.45) is 5.92 Å². The maximum atomic E-state index is 12.6. The highest BCUT2D eigenvalue weighted by atomic mass is 35.5. The van der Waals surface area contributed by atoms with E-state index in [2.05, 4.69) is 5.32 Å². The number of carbonyl (C=O) groups is 1. The third-order valence-corrected chi connectivity index (χ3v) is 5.61. The molecule has 0 radical (unpaired) electrons. The monoisotopic (exact) mass is 392 g/mol. The molecule has 1 fully saturated rings. The minimum Gasteiger partial charge on any atom is -0.386 e. The lowest BCUT2D eigenvalue weighted by atomic mass is 9.87. The number of anilines is 1. The van der Waals surface area contributed by atoms with E-state index in [1.165, 1.54) is 19.3 Å². The summed E-state index contributed by atoms with van der Waals surface area (Å²) < 4.78 is 7.04. The number of benzene rings is 1. The topological polar surface area (TPSA) is 63.5 Å². The van der Waals surface area contributed by atoms with Crippen LogP contribution in [0.5, 0.6) is 0 Å². The van der Waals surface area contributed by atoms with Crippen molar-refractivity contribution in [1.82, 2.24) is 4.57 Å². The quantitative estimate of drug-likeness (QED) is 0.723. The molecule has 2 aromatic rings. The van der Waals surface area contributed by atoms with Gasteiger partial charge in [0, 0.05) is 25.1 Å². The van der Waals surface area contributed by atoms with Crippen molar-refractivity contribution in [3.8, 4) is 0 Å². The second-order valence-electron chi connectivity index (χ2n) is 7.99. The summed E-state index contributed by atoms with van der Waals surface area (Å²) in [5.41, 5.74) is 0.559. The van der Waals surface area contributed by atoms with Gasteiger partial charge < -0.3 is 19.7 Å². The molecule has 1 atom stereocenters. The third kappa shape index (κ3) is 5.03. The lowest BCUT2D eigenvalue weighted by molar-refractivity contribution is -0.117. The number of methoxy groups -OCH3 is 1. The molecule has 1 amide bonds. The average Bonchev–Trinajstić information content (AvgIpc) is 2.93. The van der Waals surface area contributed by atoms with Gasteiger partial charge in [-0.1, -0.05) is 36.9 Å². The highest BCUT2D eigenvalue weighted by Gasteiger charge is 2.24. The number of amides is 1. The molecule has 27 heavy (non-hydrogen) atoms. The van der Waals surface area contributed by atoms with E-state index < -0.39 is 5.60 Å². The summed E-state index contributed by atoms with van der Waals surface area (Å²) in [6, 6.07) is 5.64. The standard InChI is InChI=1S/C21H29ClN2O3/c1-21(26,14-27-2)13-24-12-17(20-16(22)9-6-10-18(20)24)23-19(25)11-15-7-4-3-5-8-15/h6,9-10,12,15,26H,3-5,7-8,11,13-14H2,1-2H3,(H,23,25). The predicted octanol–water partition coefficient (Wildman–Crippen LogP) is 4.60. The summed E-state index contributed by atoms with van der Waals surface area (Å²) in [6.07, 6.45) is 8.40. The van der Waals surface area contributed by atoms with E-state index in [1.807, 2.05) is 29.0 Å². The van der Waals surface area contributed by atoms with Crippen molar-refractivity contribution in [3.63, 3.8) is 0 Å². The molecule has 0 saturated heterocycles. The van der Waals surface area contributed by atoms with Crippen LogP contribution in [0.3, 0.4) is 0 Å². The highest BCUT2D eigenvalue weighted by molar-refractivity contribution is 6.36. The van der Waals surface area contributed by atoms with Gasteiger partial charge in [-0.05, 0) is 37.8 Å². The Labute approximate surface area is 165 Å². The Kier molecular flexibility index (Phi) is 6.45. The highest BCUT2D eigenvalue weighted by Crippen LogP contribution is 2.34. The number of rotatable bonds is 7. The SMILES string of the molecule is COCC(C)(O)Cn1cc(NC(=O)CC2CCCCC2)c2c(Cl)cccc21. The van der Waals surface area contributed by atoms with Crippen molar-refractivity contribution in [2.45, 2.75) is 57.6 Å². The van der Waals surface area contributed by atoms with Gasteiger partial charge in [0.2, 0.25) is 5.91 Å². The number of halogens is 1. The van der Waals surface area contributed by atoms with Crippen molar-refractivity contribution in [1.29, 1.82) is 0 Å². The second kappa shape index (κ2) is 8.63. The minimum atomic E-state index is -1.02. The van der Waals surface area contributed by atoms with Crippen molar-refractivity contribution >= 4 is 34.1 Å². The fourth-order valence-corrected chi connectivity index (χ4v) is 4.38. The predicted molar refractivity (Wildman–Crippen MR) is 109 cm³/mol. The molecule has 1 aromatic heterocycles. The van der Waals surface area contributed by atoms with Crippen molar-refractivity contribution < 1.29 is 14.6 Å². The van der Waals surface area contributed by atoms with E-state index in [-0.39, 0.29) is 12.5 Å². The number of nitrogens with zero attached hydrogens (tertiary/aromatic N) is 1. The van der Waals surface area contributed by atoms with Crippen LogP contribution in [0.1, 0.15) is 45.4 Å². The Morgan fingerprint density at radius 1 is 1.37 bits per heavy atom. The van der Waals surface area contributed by atoms with Gasteiger partial charge >= 0.3 is 0 Å². The van der Waals surface area contributed by atoms with E-state index in [0.717, 1.165) is 23.7 Å². The number of ether oxygens (including phenoxy) is 1.